The van der Waals surface area contributed by atoms with Crippen molar-refractivity contribution in [3.05, 3.63) is 34.4 Å². The Balaban J connectivity index is 1.95. The summed E-state index contributed by atoms with van der Waals surface area (Å²) in [6.07, 6.45) is 6.36. The van der Waals surface area contributed by atoms with Crippen molar-refractivity contribution >= 4 is 11.9 Å². The van der Waals surface area contributed by atoms with E-state index in [-0.39, 0.29) is 17.9 Å². The molecule has 4 atom stereocenters. The van der Waals surface area contributed by atoms with E-state index in [2.05, 4.69) is 19.9 Å². The third kappa shape index (κ3) is 2.43. The monoisotopic (exact) mass is 330 g/mol. The Morgan fingerprint density at radius 2 is 2.12 bits per heavy atom. The number of fused-ring (bicyclic) bond motifs is 3. The largest absolute Gasteiger partial charge is 0.458 e. The summed E-state index contributed by atoms with van der Waals surface area (Å²) in [5, 5.41) is 0. The molecule has 4 heteroatoms. The lowest BCUT2D eigenvalue weighted by Crippen LogP contribution is -2.44. The molecular formula is C20H26O4. The Morgan fingerprint density at radius 1 is 1.42 bits per heavy atom. The van der Waals surface area contributed by atoms with Crippen molar-refractivity contribution in [1.82, 2.24) is 0 Å². The Bertz CT molecular complexity index is 682. The molecular weight excluding hydrogens is 304 g/mol. The molecule has 24 heavy (non-hydrogen) atoms. The van der Waals surface area contributed by atoms with Gasteiger partial charge in [-0.3, -0.25) is 0 Å². The summed E-state index contributed by atoms with van der Waals surface area (Å²) < 4.78 is 11.5. The van der Waals surface area contributed by atoms with E-state index in [1.807, 2.05) is 0 Å². The van der Waals surface area contributed by atoms with Gasteiger partial charge in [-0.1, -0.05) is 28.9 Å². The van der Waals surface area contributed by atoms with Crippen LogP contribution in [0.15, 0.2) is 34.4 Å². The highest BCUT2D eigenvalue weighted by molar-refractivity contribution is 5.92. The molecule has 1 aliphatic heterocycles. The van der Waals surface area contributed by atoms with Crippen LogP contribution in [0.5, 0.6) is 0 Å². The van der Waals surface area contributed by atoms with Crippen LogP contribution < -0.4 is 0 Å². The van der Waals surface area contributed by atoms with Crippen LogP contribution in [-0.2, 0) is 19.1 Å². The van der Waals surface area contributed by atoms with Gasteiger partial charge >= 0.3 is 11.9 Å². The molecule has 0 spiro atoms. The van der Waals surface area contributed by atoms with Crippen molar-refractivity contribution in [3.63, 3.8) is 0 Å². The summed E-state index contributed by atoms with van der Waals surface area (Å²) in [6.45, 7) is 9.48. The van der Waals surface area contributed by atoms with Crippen molar-refractivity contribution in [3.8, 4) is 0 Å². The van der Waals surface area contributed by atoms with Gasteiger partial charge in [0.2, 0.25) is 5.60 Å². The van der Waals surface area contributed by atoms with Crippen molar-refractivity contribution in [1.29, 1.82) is 0 Å². The average Bonchev–Trinajstić information content (AvgIpc) is 2.98. The lowest BCUT2D eigenvalue weighted by atomic mass is 9.78. The van der Waals surface area contributed by atoms with Crippen molar-refractivity contribution < 1.29 is 19.1 Å². The van der Waals surface area contributed by atoms with Crippen LogP contribution in [-0.4, -0.2) is 23.6 Å². The topological polar surface area (TPSA) is 52.6 Å². The molecule has 0 radical (unpaired) electrons. The lowest BCUT2D eigenvalue weighted by Gasteiger charge is -2.30. The van der Waals surface area contributed by atoms with Crippen molar-refractivity contribution in [2.75, 3.05) is 0 Å². The van der Waals surface area contributed by atoms with Gasteiger partial charge in [0.1, 0.15) is 6.10 Å². The Hall–Kier alpha value is -1.84. The summed E-state index contributed by atoms with van der Waals surface area (Å²) in [5.74, 6) is -0.818. The summed E-state index contributed by atoms with van der Waals surface area (Å²) >= 11 is 0. The second-order valence-electron chi connectivity index (χ2n) is 7.42. The molecule has 130 valence electrons. The van der Waals surface area contributed by atoms with E-state index in [1.165, 1.54) is 16.7 Å². The van der Waals surface area contributed by atoms with Gasteiger partial charge in [0, 0.05) is 17.4 Å². The first-order chi connectivity index (χ1) is 11.3. The quantitative estimate of drug-likeness (QED) is 0.438. The third-order valence-electron chi connectivity index (χ3n) is 6.03. The van der Waals surface area contributed by atoms with E-state index in [0.29, 0.717) is 5.57 Å². The molecule has 0 saturated carbocycles. The molecule has 0 aromatic rings. The van der Waals surface area contributed by atoms with Gasteiger partial charge in [-0.2, -0.15) is 0 Å². The molecule has 3 aliphatic rings. The fourth-order valence-corrected chi connectivity index (χ4v) is 4.27. The van der Waals surface area contributed by atoms with Crippen LogP contribution in [0, 0.1) is 11.8 Å². The standard InChI is InChI=1S/C20H26O4/c1-6-11(2)18(21)24-20(5)15-10-8-12(3)14-9-7-13(4)16(14)17(15)23-19(20)22/h6-7,15-17H,8-10H2,1-5H3. The van der Waals surface area contributed by atoms with Crippen LogP contribution in [0.3, 0.4) is 0 Å². The number of hydrogen-bond acceptors (Lipinski definition) is 4. The zero-order chi connectivity index (χ0) is 17.6. The number of allylic oxidation sites excluding steroid dienone is 3. The molecule has 0 aromatic carbocycles. The second kappa shape index (κ2) is 5.91. The molecule has 0 N–H and O–H groups in total. The highest BCUT2D eigenvalue weighted by Gasteiger charge is 2.60. The SMILES string of the molecule is CC=C(C)C(=O)OC1(C)C(=O)OC2C3C(C)=CCC3=C(C)CCC21. The number of hydrogen-bond donors (Lipinski definition) is 0. The summed E-state index contributed by atoms with van der Waals surface area (Å²) in [7, 11) is 0. The van der Waals surface area contributed by atoms with Gasteiger partial charge in [-0.05, 0) is 53.9 Å². The van der Waals surface area contributed by atoms with Gasteiger partial charge in [0.05, 0.1) is 0 Å². The molecule has 1 saturated heterocycles. The van der Waals surface area contributed by atoms with E-state index >= 15 is 0 Å². The van der Waals surface area contributed by atoms with E-state index in [4.69, 9.17) is 9.47 Å². The Kier molecular flexibility index (Phi) is 4.18. The molecule has 0 aromatic heterocycles. The second-order valence-corrected chi connectivity index (χ2v) is 7.42. The molecule has 2 aliphatic carbocycles. The fraction of sp³-hybridized carbons (Fsp3) is 0.600. The minimum atomic E-state index is -1.20. The predicted octanol–water partition coefficient (Wildman–Crippen LogP) is 3.87. The van der Waals surface area contributed by atoms with Crippen molar-refractivity contribution in [2.24, 2.45) is 11.8 Å². The minimum Gasteiger partial charge on any atom is -0.458 e. The van der Waals surface area contributed by atoms with Gasteiger partial charge in [0.15, 0.2) is 0 Å². The van der Waals surface area contributed by atoms with Gasteiger partial charge < -0.3 is 9.47 Å². The number of rotatable bonds is 2. The first kappa shape index (κ1) is 17.0. The maximum atomic E-state index is 12.6. The van der Waals surface area contributed by atoms with E-state index in [9.17, 15) is 9.59 Å². The summed E-state index contributed by atoms with van der Waals surface area (Å²) in [4.78, 5) is 24.9. The highest BCUT2D eigenvalue weighted by Crippen LogP contribution is 2.51. The Morgan fingerprint density at radius 3 is 2.79 bits per heavy atom. The number of ether oxygens (including phenoxy) is 2. The van der Waals surface area contributed by atoms with Crippen LogP contribution in [0.1, 0.15) is 53.9 Å². The van der Waals surface area contributed by atoms with Crippen molar-refractivity contribution in [2.45, 2.75) is 65.6 Å². The molecule has 4 nitrogen and oxygen atoms in total. The van der Waals surface area contributed by atoms with Gasteiger partial charge in [-0.25, -0.2) is 9.59 Å². The van der Waals surface area contributed by atoms with Gasteiger partial charge in [-0.15, -0.1) is 0 Å². The average molecular weight is 330 g/mol. The molecule has 4 unspecified atom stereocenters. The normalized spacial score (nSPS) is 35.9. The molecule has 0 amide bonds. The van der Waals surface area contributed by atoms with Crippen LogP contribution in [0.25, 0.3) is 0 Å². The molecule has 0 bridgehead atoms. The minimum absolute atomic E-state index is 0.113. The first-order valence-corrected chi connectivity index (χ1v) is 8.72. The van der Waals surface area contributed by atoms with E-state index < -0.39 is 17.5 Å². The van der Waals surface area contributed by atoms with Crippen LogP contribution in [0.2, 0.25) is 0 Å². The number of carbonyl (C=O) groups excluding carboxylic acids is 2. The highest BCUT2D eigenvalue weighted by atomic mass is 16.6. The smallest absolute Gasteiger partial charge is 0.351 e. The predicted molar refractivity (Wildman–Crippen MR) is 91.1 cm³/mol. The maximum Gasteiger partial charge on any atom is 0.351 e. The molecule has 1 heterocycles. The molecule has 1 fully saturated rings. The lowest BCUT2D eigenvalue weighted by molar-refractivity contribution is -0.170. The van der Waals surface area contributed by atoms with E-state index in [1.54, 1.807) is 26.8 Å². The third-order valence-corrected chi connectivity index (χ3v) is 6.03. The van der Waals surface area contributed by atoms with Gasteiger partial charge in [0.25, 0.3) is 0 Å². The van der Waals surface area contributed by atoms with Crippen LogP contribution in [0.4, 0.5) is 0 Å². The number of carbonyl (C=O) groups is 2. The molecule has 3 rings (SSSR count). The zero-order valence-corrected chi connectivity index (χ0v) is 15.1. The Labute approximate surface area is 143 Å². The first-order valence-electron chi connectivity index (χ1n) is 8.72. The summed E-state index contributed by atoms with van der Waals surface area (Å²) in [5.41, 5.74) is 3.33. The fourth-order valence-electron chi connectivity index (χ4n) is 4.27. The van der Waals surface area contributed by atoms with Crippen LogP contribution >= 0.6 is 0 Å². The number of esters is 2. The maximum absolute atomic E-state index is 12.6. The summed E-state index contributed by atoms with van der Waals surface area (Å²) in [6, 6.07) is 0. The van der Waals surface area contributed by atoms with E-state index in [0.717, 1.165) is 19.3 Å². The zero-order valence-electron chi connectivity index (χ0n) is 15.1.